The third-order valence-corrected chi connectivity index (χ3v) is 6.73. The molecule has 4 aliphatic carbocycles. The van der Waals surface area contributed by atoms with Gasteiger partial charge in [0.15, 0.2) is 5.78 Å². The number of nitrogens with zero attached hydrogens (tertiary/aromatic N) is 1. The average molecular weight is 296 g/mol. The van der Waals surface area contributed by atoms with Crippen LogP contribution in [0.2, 0.25) is 0 Å². The molecule has 1 aromatic rings. The van der Waals surface area contributed by atoms with Crippen LogP contribution in [0.25, 0.3) is 0 Å². The molecule has 1 aromatic heterocycles. The quantitative estimate of drug-likeness (QED) is 0.622. The molecule has 4 fully saturated rings. The van der Waals surface area contributed by atoms with Crippen LogP contribution in [-0.2, 0) is 5.41 Å². The van der Waals surface area contributed by atoms with Gasteiger partial charge in [0.25, 0.3) is 0 Å². The standard InChI is InChI=1S/C15H18ClNOS/c16-7-13(18)12-8-19-14(17-12)15-4-9-1-10(5-15)3-11(2-9)6-15/h8-11H,1-7H2. The van der Waals surface area contributed by atoms with Crippen molar-refractivity contribution in [1.29, 1.82) is 0 Å². The topological polar surface area (TPSA) is 30.0 Å². The molecule has 0 saturated heterocycles. The number of alkyl halides is 1. The molecule has 0 amide bonds. The minimum atomic E-state index is -0.0334. The number of carbonyl (C=O) groups excluding carboxylic acids is 1. The number of Topliss-reactive ketones (excluding diaryl/α,β-unsaturated/α-hetero) is 1. The van der Waals surface area contributed by atoms with E-state index in [9.17, 15) is 4.79 Å². The lowest BCUT2D eigenvalue weighted by Gasteiger charge is -2.56. The fourth-order valence-electron chi connectivity index (χ4n) is 5.09. The normalized spacial score (nSPS) is 39.7. The van der Waals surface area contributed by atoms with Crippen molar-refractivity contribution >= 4 is 28.7 Å². The summed E-state index contributed by atoms with van der Waals surface area (Å²) >= 11 is 7.32. The van der Waals surface area contributed by atoms with Crippen molar-refractivity contribution in [3.63, 3.8) is 0 Å². The number of rotatable bonds is 3. The van der Waals surface area contributed by atoms with Crippen molar-refractivity contribution in [2.24, 2.45) is 17.8 Å². The van der Waals surface area contributed by atoms with Gasteiger partial charge in [0.05, 0.1) is 10.9 Å². The number of carbonyl (C=O) groups is 1. The molecule has 0 aliphatic heterocycles. The Labute approximate surface area is 122 Å². The van der Waals surface area contributed by atoms with Crippen molar-refractivity contribution in [2.75, 3.05) is 5.88 Å². The van der Waals surface area contributed by atoms with Crippen molar-refractivity contribution in [1.82, 2.24) is 4.98 Å². The van der Waals surface area contributed by atoms with E-state index in [1.165, 1.54) is 43.5 Å². The third kappa shape index (κ3) is 1.89. The molecule has 1 heterocycles. The van der Waals surface area contributed by atoms with Gasteiger partial charge in [-0.2, -0.15) is 0 Å². The molecule has 4 bridgehead atoms. The summed E-state index contributed by atoms with van der Waals surface area (Å²) in [6.45, 7) is 0. The van der Waals surface area contributed by atoms with Gasteiger partial charge in [-0.3, -0.25) is 4.79 Å². The van der Waals surface area contributed by atoms with E-state index in [4.69, 9.17) is 11.6 Å². The van der Waals surface area contributed by atoms with Crippen LogP contribution in [0, 0.1) is 17.8 Å². The molecule has 0 atom stereocenters. The predicted molar refractivity (Wildman–Crippen MR) is 77.0 cm³/mol. The van der Waals surface area contributed by atoms with Crippen LogP contribution in [0.3, 0.4) is 0 Å². The molecule has 0 unspecified atom stereocenters. The number of halogens is 1. The Balaban J connectivity index is 1.68. The number of hydrogen-bond acceptors (Lipinski definition) is 3. The molecule has 0 spiro atoms. The van der Waals surface area contributed by atoms with Gasteiger partial charge in [-0.15, -0.1) is 22.9 Å². The summed E-state index contributed by atoms with van der Waals surface area (Å²) in [5, 5.41) is 3.14. The summed E-state index contributed by atoms with van der Waals surface area (Å²) < 4.78 is 0. The van der Waals surface area contributed by atoms with Gasteiger partial charge >= 0.3 is 0 Å². The van der Waals surface area contributed by atoms with Gasteiger partial charge in [0.1, 0.15) is 5.69 Å². The summed E-state index contributed by atoms with van der Waals surface area (Å²) in [7, 11) is 0. The van der Waals surface area contributed by atoms with Gasteiger partial charge in [0, 0.05) is 10.8 Å². The smallest absolute Gasteiger partial charge is 0.196 e. The van der Waals surface area contributed by atoms with Gasteiger partial charge in [-0.25, -0.2) is 4.98 Å². The first kappa shape index (κ1) is 12.3. The first-order valence-electron chi connectivity index (χ1n) is 7.24. The maximum absolute atomic E-state index is 11.7. The van der Waals surface area contributed by atoms with Crippen molar-refractivity contribution in [3.05, 3.63) is 16.1 Å². The Morgan fingerprint density at radius 2 is 1.84 bits per heavy atom. The Hall–Kier alpha value is -0.410. The number of ketones is 1. The zero-order chi connectivity index (χ0) is 13.0. The average Bonchev–Trinajstić information content (AvgIpc) is 2.86. The van der Waals surface area contributed by atoms with Crippen LogP contribution in [-0.4, -0.2) is 16.6 Å². The Kier molecular flexibility index (Phi) is 2.79. The van der Waals surface area contributed by atoms with E-state index >= 15 is 0 Å². The molecule has 102 valence electrons. The number of aromatic nitrogens is 1. The van der Waals surface area contributed by atoms with E-state index in [0.29, 0.717) is 11.1 Å². The number of thiazole rings is 1. The molecule has 0 aromatic carbocycles. The predicted octanol–water partition coefficient (Wildman–Crippen LogP) is 4.03. The Bertz CT molecular complexity index is 489. The van der Waals surface area contributed by atoms with Crippen LogP contribution in [0.5, 0.6) is 0 Å². The van der Waals surface area contributed by atoms with Crippen molar-refractivity contribution in [3.8, 4) is 0 Å². The molecule has 19 heavy (non-hydrogen) atoms. The lowest BCUT2D eigenvalue weighted by Crippen LogP contribution is -2.48. The highest BCUT2D eigenvalue weighted by Gasteiger charge is 2.52. The minimum Gasteiger partial charge on any atom is -0.291 e. The number of hydrogen-bond donors (Lipinski definition) is 0. The zero-order valence-electron chi connectivity index (χ0n) is 10.9. The van der Waals surface area contributed by atoms with E-state index in [0.717, 1.165) is 17.8 Å². The molecule has 0 N–H and O–H groups in total. The van der Waals surface area contributed by atoms with E-state index in [-0.39, 0.29) is 11.7 Å². The lowest BCUT2D eigenvalue weighted by molar-refractivity contribution is -0.00530. The maximum Gasteiger partial charge on any atom is 0.196 e. The van der Waals surface area contributed by atoms with Crippen LogP contribution in [0.15, 0.2) is 5.38 Å². The summed E-state index contributed by atoms with van der Waals surface area (Å²) in [4.78, 5) is 16.3. The molecule has 4 saturated carbocycles. The summed E-state index contributed by atoms with van der Waals surface area (Å²) in [5.41, 5.74) is 0.898. The second kappa shape index (κ2) is 4.29. The van der Waals surface area contributed by atoms with Crippen LogP contribution in [0.1, 0.15) is 54.0 Å². The zero-order valence-corrected chi connectivity index (χ0v) is 12.5. The summed E-state index contributed by atoms with van der Waals surface area (Å²) in [6.07, 6.45) is 8.25. The van der Waals surface area contributed by atoms with Crippen LogP contribution < -0.4 is 0 Å². The van der Waals surface area contributed by atoms with E-state index in [2.05, 4.69) is 4.98 Å². The largest absolute Gasteiger partial charge is 0.291 e. The molecular weight excluding hydrogens is 278 g/mol. The minimum absolute atomic E-state index is 0.0334. The highest BCUT2D eigenvalue weighted by atomic mass is 35.5. The Morgan fingerprint density at radius 1 is 1.26 bits per heavy atom. The van der Waals surface area contributed by atoms with E-state index in [1.54, 1.807) is 11.3 Å². The van der Waals surface area contributed by atoms with E-state index in [1.807, 2.05) is 5.38 Å². The lowest BCUT2D eigenvalue weighted by atomic mass is 9.50. The second-order valence-electron chi connectivity index (χ2n) is 6.79. The van der Waals surface area contributed by atoms with Gasteiger partial charge in [-0.05, 0) is 56.3 Å². The van der Waals surface area contributed by atoms with Crippen LogP contribution in [0.4, 0.5) is 0 Å². The maximum atomic E-state index is 11.7. The van der Waals surface area contributed by atoms with E-state index < -0.39 is 0 Å². The van der Waals surface area contributed by atoms with Crippen molar-refractivity contribution < 1.29 is 4.79 Å². The molecule has 4 aliphatic rings. The van der Waals surface area contributed by atoms with Crippen LogP contribution >= 0.6 is 22.9 Å². The van der Waals surface area contributed by atoms with Gasteiger partial charge in [0.2, 0.25) is 0 Å². The molecular formula is C15H18ClNOS. The fourth-order valence-corrected chi connectivity index (χ4v) is 6.28. The molecule has 5 rings (SSSR count). The van der Waals surface area contributed by atoms with Gasteiger partial charge in [-0.1, -0.05) is 0 Å². The molecule has 4 heteroatoms. The SMILES string of the molecule is O=C(CCl)c1csc(C23CC4CC(CC(C4)C2)C3)n1. The second-order valence-corrected chi connectivity index (χ2v) is 7.92. The highest BCUT2D eigenvalue weighted by molar-refractivity contribution is 7.10. The fraction of sp³-hybridized carbons (Fsp3) is 0.733. The summed E-state index contributed by atoms with van der Waals surface area (Å²) in [5.74, 6) is 2.77. The first-order valence-corrected chi connectivity index (χ1v) is 8.65. The monoisotopic (exact) mass is 295 g/mol. The highest BCUT2D eigenvalue weighted by Crippen LogP contribution is 2.61. The molecule has 2 nitrogen and oxygen atoms in total. The summed E-state index contributed by atoms with van der Waals surface area (Å²) in [6, 6.07) is 0. The Morgan fingerprint density at radius 3 is 2.37 bits per heavy atom. The third-order valence-electron chi connectivity index (χ3n) is 5.40. The molecule has 0 radical (unpaired) electrons. The van der Waals surface area contributed by atoms with Gasteiger partial charge < -0.3 is 0 Å². The first-order chi connectivity index (χ1) is 9.18. The van der Waals surface area contributed by atoms with Crippen molar-refractivity contribution in [2.45, 2.75) is 43.9 Å².